The lowest BCUT2D eigenvalue weighted by atomic mass is 10.1. The largest absolute Gasteiger partial charge is 0.459 e. The summed E-state index contributed by atoms with van der Waals surface area (Å²) in [6, 6.07) is 8.97. The van der Waals surface area contributed by atoms with Gasteiger partial charge in [-0.15, -0.1) is 0 Å². The lowest BCUT2D eigenvalue weighted by Gasteiger charge is -2.28. The molecule has 1 aromatic rings. The zero-order chi connectivity index (χ0) is 18.2. The molecular formula is C17H23O6P. The fraction of sp³-hybridized carbons (Fsp3) is 0.529. The smallest absolute Gasteiger partial charge is 0.348 e. The quantitative estimate of drug-likeness (QED) is 0.444. The molecule has 1 aromatic carbocycles. The summed E-state index contributed by atoms with van der Waals surface area (Å²) in [7, 11) is -1.50. The zero-order valence-corrected chi connectivity index (χ0v) is 15.4. The number of carbonyl (C=O) groups is 2. The number of carbonyl (C=O) groups excluding carboxylic acids is 2. The van der Waals surface area contributed by atoms with Crippen LogP contribution in [0.1, 0.15) is 32.3 Å². The maximum atomic E-state index is 13.2. The van der Waals surface area contributed by atoms with Crippen molar-refractivity contribution in [1.82, 2.24) is 0 Å². The number of benzene rings is 1. The average Bonchev–Trinajstić information content (AvgIpc) is 3.24. The maximum absolute atomic E-state index is 13.2. The minimum Gasteiger partial charge on any atom is -0.459 e. The topological polar surface area (TPSA) is 78.9 Å². The van der Waals surface area contributed by atoms with Crippen molar-refractivity contribution in [2.75, 3.05) is 14.2 Å². The van der Waals surface area contributed by atoms with Gasteiger partial charge in [0, 0.05) is 20.1 Å². The second kappa shape index (κ2) is 6.43. The predicted octanol–water partition coefficient (Wildman–Crippen LogP) is 3.17. The standard InChI is InChI=1S/C17H23O6P/c1-16(2,3)23-15(19)17(24(20,21-4)22-5)13(11-18)14(17)12-9-7-6-8-10-12/h6-11,13-14H,1-5H3/t13-,14-,17-/m1/s1. The first-order valence-electron chi connectivity index (χ1n) is 7.63. The monoisotopic (exact) mass is 354 g/mol. The molecule has 0 saturated heterocycles. The Bertz CT molecular complexity index is 657. The van der Waals surface area contributed by atoms with Gasteiger partial charge in [0.05, 0.1) is 5.92 Å². The SMILES string of the molecule is COP(=O)(OC)[C@]1(C(=O)OC(C)(C)C)[C@H](C=O)[C@H]1c1ccccc1. The Morgan fingerprint density at radius 3 is 2.12 bits per heavy atom. The first-order chi connectivity index (χ1) is 11.2. The third kappa shape index (κ3) is 2.83. The summed E-state index contributed by atoms with van der Waals surface area (Å²) in [5.74, 6) is -2.19. The van der Waals surface area contributed by atoms with Crippen LogP contribution in [0.2, 0.25) is 0 Å². The molecule has 1 aliphatic rings. The second-order valence-electron chi connectivity index (χ2n) is 6.74. The lowest BCUT2D eigenvalue weighted by Crippen LogP contribution is -2.36. The summed E-state index contributed by atoms with van der Waals surface area (Å²) in [5, 5.41) is -1.66. The van der Waals surface area contributed by atoms with E-state index < -0.39 is 36.2 Å². The Morgan fingerprint density at radius 1 is 1.17 bits per heavy atom. The van der Waals surface area contributed by atoms with Crippen LogP contribution in [0, 0.1) is 5.92 Å². The second-order valence-corrected chi connectivity index (χ2v) is 9.21. The molecule has 7 heteroatoms. The van der Waals surface area contributed by atoms with E-state index in [-0.39, 0.29) is 0 Å². The van der Waals surface area contributed by atoms with Gasteiger partial charge in [0.15, 0.2) is 5.16 Å². The van der Waals surface area contributed by atoms with E-state index in [4.69, 9.17) is 13.8 Å². The molecule has 0 N–H and O–H groups in total. The van der Waals surface area contributed by atoms with Crippen molar-refractivity contribution in [1.29, 1.82) is 0 Å². The van der Waals surface area contributed by atoms with E-state index >= 15 is 0 Å². The summed E-state index contributed by atoms with van der Waals surface area (Å²) >= 11 is 0. The molecule has 0 amide bonds. The molecule has 2 rings (SSSR count). The molecule has 0 spiro atoms. The third-order valence-electron chi connectivity index (χ3n) is 4.20. The predicted molar refractivity (Wildman–Crippen MR) is 88.9 cm³/mol. The minimum absolute atomic E-state index is 0.614. The lowest BCUT2D eigenvalue weighted by molar-refractivity contribution is -0.156. The Balaban J connectivity index is 2.59. The highest BCUT2D eigenvalue weighted by atomic mass is 31.2. The molecule has 132 valence electrons. The maximum Gasteiger partial charge on any atom is 0.348 e. The molecule has 3 atom stereocenters. The highest BCUT2D eigenvalue weighted by molar-refractivity contribution is 7.57. The van der Waals surface area contributed by atoms with Crippen molar-refractivity contribution in [3.05, 3.63) is 35.9 Å². The molecule has 1 fully saturated rings. The van der Waals surface area contributed by atoms with E-state index in [0.29, 0.717) is 6.29 Å². The molecule has 0 aliphatic heterocycles. The van der Waals surface area contributed by atoms with Crippen molar-refractivity contribution in [2.45, 2.75) is 37.4 Å². The van der Waals surface area contributed by atoms with E-state index in [9.17, 15) is 14.2 Å². The van der Waals surface area contributed by atoms with Crippen LogP contribution >= 0.6 is 7.60 Å². The molecule has 0 unspecified atom stereocenters. The Morgan fingerprint density at radius 2 is 1.71 bits per heavy atom. The van der Waals surface area contributed by atoms with Gasteiger partial charge < -0.3 is 18.6 Å². The van der Waals surface area contributed by atoms with Crippen LogP contribution in [0.5, 0.6) is 0 Å². The van der Waals surface area contributed by atoms with Crippen LogP contribution in [0.3, 0.4) is 0 Å². The molecule has 0 radical (unpaired) electrons. The minimum atomic E-state index is -3.92. The van der Waals surface area contributed by atoms with Crippen molar-refractivity contribution in [2.24, 2.45) is 5.92 Å². The fourth-order valence-corrected chi connectivity index (χ4v) is 5.34. The van der Waals surface area contributed by atoms with Crippen LogP contribution < -0.4 is 0 Å². The zero-order valence-electron chi connectivity index (χ0n) is 14.5. The highest BCUT2D eigenvalue weighted by Crippen LogP contribution is 2.79. The van der Waals surface area contributed by atoms with Crippen molar-refractivity contribution < 1.29 is 27.9 Å². The Labute approximate surface area is 142 Å². The average molecular weight is 354 g/mol. The Kier molecular flexibility index (Phi) is 5.05. The Hall–Kier alpha value is -1.49. The van der Waals surface area contributed by atoms with Crippen LogP contribution in [0.4, 0.5) is 0 Å². The number of esters is 1. The number of aldehydes is 1. The highest BCUT2D eigenvalue weighted by Gasteiger charge is 2.82. The van der Waals surface area contributed by atoms with Crippen molar-refractivity contribution >= 4 is 19.9 Å². The van der Waals surface area contributed by atoms with Gasteiger partial charge >= 0.3 is 13.6 Å². The van der Waals surface area contributed by atoms with Crippen LogP contribution in [-0.2, 0) is 27.9 Å². The summed E-state index contributed by atoms with van der Waals surface area (Å²) < 4.78 is 28.9. The van der Waals surface area contributed by atoms with Gasteiger partial charge in [0.2, 0.25) is 0 Å². The van der Waals surface area contributed by atoms with Gasteiger partial charge in [-0.05, 0) is 26.3 Å². The number of ether oxygens (including phenoxy) is 1. The molecule has 0 heterocycles. The molecule has 6 nitrogen and oxygen atoms in total. The summed E-state index contributed by atoms with van der Waals surface area (Å²) in [5.41, 5.74) is -0.0806. The fourth-order valence-electron chi connectivity index (χ4n) is 3.17. The van der Waals surface area contributed by atoms with Gasteiger partial charge in [0.1, 0.15) is 11.9 Å². The van der Waals surface area contributed by atoms with Crippen molar-refractivity contribution in [3.63, 3.8) is 0 Å². The van der Waals surface area contributed by atoms with Crippen LogP contribution in [0.15, 0.2) is 30.3 Å². The van der Waals surface area contributed by atoms with Gasteiger partial charge in [0.25, 0.3) is 0 Å². The van der Waals surface area contributed by atoms with Crippen LogP contribution in [0.25, 0.3) is 0 Å². The third-order valence-corrected chi connectivity index (χ3v) is 6.82. The first-order valence-corrected chi connectivity index (χ1v) is 9.17. The van der Waals surface area contributed by atoms with Gasteiger partial charge in [-0.2, -0.15) is 0 Å². The molecular weight excluding hydrogens is 331 g/mol. The number of hydrogen-bond donors (Lipinski definition) is 0. The van der Waals surface area contributed by atoms with Gasteiger partial charge in [-0.3, -0.25) is 9.36 Å². The molecule has 1 saturated carbocycles. The van der Waals surface area contributed by atoms with E-state index in [0.717, 1.165) is 5.56 Å². The van der Waals surface area contributed by atoms with E-state index in [2.05, 4.69) is 0 Å². The molecule has 24 heavy (non-hydrogen) atoms. The number of rotatable bonds is 6. The van der Waals surface area contributed by atoms with Crippen LogP contribution in [-0.4, -0.2) is 37.2 Å². The summed E-state index contributed by atoms with van der Waals surface area (Å²) in [6.45, 7) is 5.12. The summed E-state index contributed by atoms with van der Waals surface area (Å²) in [4.78, 5) is 24.6. The summed E-state index contributed by atoms with van der Waals surface area (Å²) in [6.07, 6.45) is 0.631. The first kappa shape index (κ1) is 18.8. The molecule has 0 aromatic heterocycles. The normalized spacial score (nSPS) is 26.7. The molecule has 1 aliphatic carbocycles. The van der Waals surface area contributed by atoms with E-state index in [1.807, 2.05) is 6.07 Å². The number of hydrogen-bond acceptors (Lipinski definition) is 6. The van der Waals surface area contributed by atoms with Gasteiger partial charge in [-0.1, -0.05) is 30.3 Å². The van der Waals surface area contributed by atoms with Gasteiger partial charge in [-0.25, -0.2) is 0 Å². The van der Waals surface area contributed by atoms with Crippen molar-refractivity contribution in [3.8, 4) is 0 Å². The molecule has 0 bridgehead atoms. The van der Waals surface area contributed by atoms with E-state index in [1.54, 1.807) is 45.0 Å². The van der Waals surface area contributed by atoms with E-state index in [1.165, 1.54) is 14.2 Å².